The first kappa shape index (κ1) is 29.1. The summed E-state index contributed by atoms with van der Waals surface area (Å²) in [5.41, 5.74) is 9.54. The normalized spacial score (nSPS) is 13.3. The minimum atomic E-state index is -0.119. The zero-order valence-electron chi connectivity index (χ0n) is 28.7. The van der Waals surface area contributed by atoms with E-state index in [9.17, 15) is 0 Å². The molecule has 0 spiro atoms. The maximum absolute atomic E-state index is 6.62. The Morgan fingerprint density at radius 3 is 1.94 bits per heavy atom. The van der Waals surface area contributed by atoms with Crippen LogP contribution in [0.25, 0.3) is 99.5 Å². The molecule has 1 aliphatic carbocycles. The van der Waals surface area contributed by atoms with E-state index in [4.69, 9.17) is 19.4 Å². The lowest BCUT2D eigenvalue weighted by molar-refractivity contribution is 0.647. The molecule has 0 aliphatic heterocycles. The van der Waals surface area contributed by atoms with Gasteiger partial charge in [0.15, 0.2) is 17.5 Å². The highest BCUT2D eigenvalue weighted by Gasteiger charge is 2.36. The van der Waals surface area contributed by atoms with Crippen molar-refractivity contribution in [1.82, 2.24) is 15.0 Å². The molecule has 0 N–H and O–H groups in total. The molecule has 2 heterocycles. The molecule has 4 heteroatoms. The lowest BCUT2D eigenvalue weighted by Crippen LogP contribution is -2.14. The SMILES string of the molecule is CC1(C)c2ccccc2-c2cc3c(cc21)oc1cccc(-c2nc(-c4ccccc4)nc(-c4cccc5c4ccc4c6ccccc6ccc54)n2)c13. The summed E-state index contributed by atoms with van der Waals surface area (Å²) in [6, 6.07) is 53.6. The monoisotopic (exact) mass is 665 g/mol. The summed E-state index contributed by atoms with van der Waals surface area (Å²) in [7, 11) is 0. The second-order valence-electron chi connectivity index (χ2n) is 14.4. The van der Waals surface area contributed by atoms with Gasteiger partial charge in [0, 0.05) is 32.9 Å². The third-order valence-electron chi connectivity index (χ3n) is 11.1. The number of aromatic nitrogens is 3. The predicted octanol–water partition coefficient (Wildman–Crippen LogP) is 12.5. The van der Waals surface area contributed by atoms with Crippen LogP contribution in [0.2, 0.25) is 0 Å². The molecule has 4 nitrogen and oxygen atoms in total. The molecule has 0 fully saturated rings. The van der Waals surface area contributed by atoms with Gasteiger partial charge in [0.05, 0.1) is 0 Å². The van der Waals surface area contributed by atoms with E-state index in [1.807, 2.05) is 30.3 Å². The van der Waals surface area contributed by atoms with Gasteiger partial charge in [0.1, 0.15) is 11.2 Å². The topological polar surface area (TPSA) is 51.8 Å². The molecule has 0 atom stereocenters. The van der Waals surface area contributed by atoms with Crippen molar-refractivity contribution in [3.8, 4) is 45.3 Å². The van der Waals surface area contributed by atoms with Crippen LogP contribution >= 0.6 is 0 Å². The second-order valence-corrected chi connectivity index (χ2v) is 14.4. The third kappa shape index (κ3) is 4.12. The molecule has 0 amide bonds. The van der Waals surface area contributed by atoms with E-state index in [1.54, 1.807) is 0 Å². The third-order valence-corrected chi connectivity index (χ3v) is 11.1. The zero-order valence-corrected chi connectivity index (χ0v) is 28.7. The Morgan fingerprint density at radius 1 is 0.404 bits per heavy atom. The molecule has 11 rings (SSSR count). The lowest BCUT2D eigenvalue weighted by Gasteiger charge is -2.21. The van der Waals surface area contributed by atoms with Crippen LogP contribution < -0.4 is 0 Å². The van der Waals surface area contributed by atoms with Crippen molar-refractivity contribution in [1.29, 1.82) is 0 Å². The first-order valence-electron chi connectivity index (χ1n) is 17.8. The predicted molar refractivity (Wildman–Crippen MR) is 213 cm³/mol. The summed E-state index contributed by atoms with van der Waals surface area (Å²) in [4.78, 5) is 15.6. The molecule has 244 valence electrons. The molecular weight excluding hydrogens is 635 g/mol. The van der Waals surface area contributed by atoms with Gasteiger partial charge in [0.2, 0.25) is 0 Å². The molecular formula is C48H31N3O. The molecule has 10 aromatic rings. The summed E-state index contributed by atoms with van der Waals surface area (Å²) in [5, 5.41) is 9.27. The maximum atomic E-state index is 6.62. The van der Waals surface area contributed by atoms with Crippen LogP contribution in [0.15, 0.2) is 156 Å². The fourth-order valence-electron chi connectivity index (χ4n) is 8.59. The Bertz CT molecular complexity index is 3100. The average molecular weight is 666 g/mol. The molecule has 8 aromatic carbocycles. The molecule has 0 saturated carbocycles. The van der Waals surface area contributed by atoms with E-state index in [-0.39, 0.29) is 5.41 Å². The van der Waals surface area contributed by atoms with Crippen LogP contribution in [0, 0.1) is 0 Å². The number of rotatable bonds is 3. The highest BCUT2D eigenvalue weighted by molar-refractivity contribution is 6.19. The van der Waals surface area contributed by atoms with E-state index >= 15 is 0 Å². The van der Waals surface area contributed by atoms with Crippen molar-refractivity contribution in [2.24, 2.45) is 0 Å². The number of nitrogens with zero attached hydrogens (tertiary/aromatic N) is 3. The van der Waals surface area contributed by atoms with Crippen molar-refractivity contribution in [3.63, 3.8) is 0 Å². The molecule has 0 radical (unpaired) electrons. The van der Waals surface area contributed by atoms with Crippen molar-refractivity contribution in [2.45, 2.75) is 19.3 Å². The van der Waals surface area contributed by atoms with Crippen LogP contribution in [-0.2, 0) is 5.41 Å². The summed E-state index contributed by atoms with van der Waals surface area (Å²) >= 11 is 0. The van der Waals surface area contributed by atoms with E-state index in [0.29, 0.717) is 17.5 Å². The van der Waals surface area contributed by atoms with Gasteiger partial charge in [0.25, 0.3) is 0 Å². The van der Waals surface area contributed by atoms with Crippen LogP contribution in [0.3, 0.4) is 0 Å². The molecule has 52 heavy (non-hydrogen) atoms. The van der Waals surface area contributed by atoms with E-state index in [1.165, 1.54) is 49.2 Å². The summed E-state index contributed by atoms with van der Waals surface area (Å²) in [6.45, 7) is 4.60. The Kier molecular flexibility index (Phi) is 5.98. The number of furan rings is 1. The van der Waals surface area contributed by atoms with E-state index in [2.05, 4.69) is 135 Å². The fraction of sp³-hybridized carbons (Fsp3) is 0.0625. The minimum Gasteiger partial charge on any atom is -0.456 e. The van der Waals surface area contributed by atoms with E-state index in [0.717, 1.165) is 44.0 Å². The number of fused-ring (bicyclic) bond motifs is 11. The largest absolute Gasteiger partial charge is 0.456 e. The van der Waals surface area contributed by atoms with Crippen molar-refractivity contribution >= 4 is 54.3 Å². The van der Waals surface area contributed by atoms with Crippen molar-refractivity contribution < 1.29 is 4.42 Å². The highest BCUT2D eigenvalue weighted by Crippen LogP contribution is 2.51. The first-order chi connectivity index (χ1) is 25.5. The second kappa shape index (κ2) is 10.7. The molecule has 2 aromatic heterocycles. The van der Waals surface area contributed by atoms with E-state index < -0.39 is 0 Å². The quantitative estimate of drug-likeness (QED) is 0.176. The van der Waals surface area contributed by atoms with Gasteiger partial charge in [-0.1, -0.05) is 147 Å². The van der Waals surface area contributed by atoms with Gasteiger partial charge >= 0.3 is 0 Å². The minimum absolute atomic E-state index is 0.119. The van der Waals surface area contributed by atoms with Crippen LogP contribution in [0.1, 0.15) is 25.0 Å². The van der Waals surface area contributed by atoms with Gasteiger partial charge in [-0.25, -0.2) is 15.0 Å². The van der Waals surface area contributed by atoms with Gasteiger partial charge < -0.3 is 4.42 Å². The number of hydrogen-bond donors (Lipinski definition) is 0. The van der Waals surface area contributed by atoms with Gasteiger partial charge in [-0.3, -0.25) is 0 Å². The Balaban J connectivity index is 1.17. The van der Waals surface area contributed by atoms with Gasteiger partial charge in [-0.05, 0) is 72.8 Å². The smallest absolute Gasteiger partial charge is 0.164 e. The van der Waals surface area contributed by atoms with Gasteiger partial charge in [-0.2, -0.15) is 0 Å². The Morgan fingerprint density at radius 2 is 1.04 bits per heavy atom. The lowest BCUT2D eigenvalue weighted by atomic mass is 9.82. The molecule has 1 aliphatic rings. The molecule has 0 bridgehead atoms. The first-order valence-corrected chi connectivity index (χ1v) is 17.8. The highest BCUT2D eigenvalue weighted by atomic mass is 16.3. The Labute approximate surface area is 300 Å². The van der Waals surface area contributed by atoms with Crippen LogP contribution in [-0.4, -0.2) is 15.0 Å². The van der Waals surface area contributed by atoms with Crippen molar-refractivity contribution in [3.05, 3.63) is 163 Å². The number of hydrogen-bond acceptors (Lipinski definition) is 4. The molecule has 0 saturated heterocycles. The van der Waals surface area contributed by atoms with Crippen LogP contribution in [0.4, 0.5) is 0 Å². The summed E-state index contributed by atoms with van der Waals surface area (Å²) in [6.07, 6.45) is 0. The van der Waals surface area contributed by atoms with Crippen LogP contribution in [0.5, 0.6) is 0 Å². The standard InChI is InChI=1S/C48H31N3O/c1-48(2)40-20-9-8-16-35(40)38-26-39-43(27-41(38)48)52-42-21-11-19-37(44(39)42)47-50-45(29-13-4-3-5-14-29)49-46(51-47)36-18-10-17-31-33-23-22-28-12-6-7-15-30(28)32(33)24-25-34(31)36/h3-27H,1-2H3. The zero-order chi connectivity index (χ0) is 34.6. The van der Waals surface area contributed by atoms with Gasteiger partial charge in [-0.15, -0.1) is 0 Å². The van der Waals surface area contributed by atoms with Crippen molar-refractivity contribution in [2.75, 3.05) is 0 Å². The maximum Gasteiger partial charge on any atom is 0.164 e. The average Bonchev–Trinajstić information content (AvgIpc) is 3.68. The molecule has 0 unspecified atom stereocenters. The summed E-state index contributed by atoms with van der Waals surface area (Å²) in [5.74, 6) is 1.88. The summed E-state index contributed by atoms with van der Waals surface area (Å²) < 4.78 is 6.62. The fourth-order valence-corrected chi connectivity index (χ4v) is 8.59. The Hall–Kier alpha value is -6.65. The number of benzene rings is 8.